The van der Waals surface area contributed by atoms with Gasteiger partial charge in [0.15, 0.2) is 0 Å². The number of primary amides is 1. The first-order valence-corrected chi connectivity index (χ1v) is 9.07. The fourth-order valence-electron chi connectivity index (χ4n) is 4.06. The quantitative estimate of drug-likeness (QED) is 0.662. The molecule has 2 fully saturated rings. The van der Waals surface area contributed by atoms with E-state index in [0.717, 1.165) is 31.2 Å². The van der Waals surface area contributed by atoms with Crippen LogP contribution in [-0.2, 0) is 9.59 Å². The van der Waals surface area contributed by atoms with Gasteiger partial charge in [-0.25, -0.2) is 0 Å². The van der Waals surface area contributed by atoms with Crippen LogP contribution < -0.4 is 16.4 Å². The minimum absolute atomic E-state index is 0.0445. The van der Waals surface area contributed by atoms with E-state index in [4.69, 9.17) is 10.8 Å². The maximum atomic E-state index is 11.5. The van der Waals surface area contributed by atoms with Crippen LogP contribution >= 0.6 is 0 Å². The van der Waals surface area contributed by atoms with E-state index >= 15 is 0 Å². The van der Waals surface area contributed by atoms with Gasteiger partial charge in [-0.1, -0.05) is 24.3 Å². The lowest BCUT2D eigenvalue weighted by Gasteiger charge is -2.36. The van der Waals surface area contributed by atoms with Crippen molar-refractivity contribution in [3.63, 3.8) is 0 Å². The Morgan fingerprint density at radius 3 is 2.24 bits per heavy atom. The zero-order chi connectivity index (χ0) is 18.0. The number of carboxylic acid groups (broad SMARTS) is 1. The third kappa shape index (κ3) is 4.02. The Balaban J connectivity index is 1.66. The second-order valence-electron chi connectivity index (χ2n) is 7.35. The first kappa shape index (κ1) is 17.9. The maximum absolute atomic E-state index is 11.5. The first-order valence-electron chi connectivity index (χ1n) is 9.07. The standard InChI is InChI=1S/C19H27N3O3/c1-11-17(22-16(10-21-11)18(20)23)14-6-2-12(3-7-14)13-4-8-15(9-5-13)19(24)25/h2-3,6-7,11,13,15-17,21-22H,4-5,8-10H2,1H3,(H2,20,23)(H,24,25). The molecule has 3 atom stereocenters. The fraction of sp³-hybridized carbons (Fsp3) is 0.579. The molecular formula is C19H27N3O3. The summed E-state index contributed by atoms with van der Waals surface area (Å²) >= 11 is 0. The topological polar surface area (TPSA) is 104 Å². The summed E-state index contributed by atoms with van der Waals surface area (Å²) in [6.45, 7) is 2.65. The van der Waals surface area contributed by atoms with Crippen LogP contribution in [0.25, 0.3) is 0 Å². The van der Waals surface area contributed by atoms with Gasteiger partial charge in [0.2, 0.25) is 5.91 Å². The van der Waals surface area contributed by atoms with Crippen molar-refractivity contribution >= 4 is 11.9 Å². The molecular weight excluding hydrogens is 318 g/mol. The Bertz CT molecular complexity index is 623. The molecule has 3 rings (SSSR count). The first-order chi connectivity index (χ1) is 12.0. The Labute approximate surface area is 148 Å². The highest BCUT2D eigenvalue weighted by molar-refractivity contribution is 5.80. The number of carbonyl (C=O) groups excluding carboxylic acids is 1. The molecule has 0 spiro atoms. The molecule has 2 aliphatic rings. The van der Waals surface area contributed by atoms with Crippen molar-refractivity contribution in [1.29, 1.82) is 0 Å². The van der Waals surface area contributed by atoms with E-state index in [1.807, 2.05) is 0 Å². The van der Waals surface area contributed by atoms with Crippen molar-refractivity contribution in [2.45, 2.75) is 56.7 Å². The van der Waals surface area contributed by atoms with Crippen molar-refractivity contribution in [2.24, 2.45) is 11.7 Å². The highest BCUT2D eigenvalue weighted by Gasteiger charge is 2.31. The number of piperazine rings is 1. The number of hydrogen-bond acceptors (Lipinski definition) is 4. The second-order valence-corrected chi connectivity index (χ2v) is 7.35. The molecule has 0 aromatic heterocycles. The van der Waals surface area contributed by atoms with Gasteiger partial charge in [-0.2, -0.15) is 0 Å². The maximum Gasteiger partial charge on any atom is 0.306 e. The number of nitrogens with two attached hydrogens (primary N) is 1. The molecule has 1 aromatic rings. The number of aliphatic carboxylic acids is 1. The van der Waals surface area contributed by atoms with Crippen molar-refractivity contribution in [1.82, 2.24) is 10.6 Å². The minimum Gasteiger partial charge on any atom is -0.481 e. The molecule has 0 bridgehead atoms. The minimum atomic E-state index is -0.664. The normalized spacial score (nSPS) is 32.9. The van der Waals surface area contributed by atoms with Gasteiger partial charge in [0.1, 0.15) is 0 Å². The van der Waals surface area contributed by atoms with Gasteiger partial charge in [-0.3, -0.25) is 14.9 Å². The molecule has 1 saturated heterocycles. The van der Waals surface area contributed by atoms with Crippen molar-refractivity contribution in [3.8, 4) is 0 Å². The van der Waals surface area contributed by atoms with Crippen LogP contribution in [0.15, 0.2) is 24.3 Å². The average molecular weight is 345 g/mol. The lowest BCUT2D eigenvalue weighted by Crippen LogP contribution is -2.59. The number of carbonyl (C=O) groups is 2. The third-order valence-corrected chi connectivity index (χ3v) is 5.71. The van der Waals surface area contributed by atoms with Crippen molar-refractivity contribution in [3.05, 3.63) is 35.4 Å². The lowest BCUT2D eigenvalue weighted by atomic mass is 9.78. The summed E-state index contributed by atoms with van der Waals surface area (Å²) in [5.41, 5.74) is 7.83. The van der Waals surface area contributed by atoms with Gasteiger partial charge >= 0.3 is 5.97 Å². The van der Waals surface area contributed by atoms with Gasteiger partial charge in [0.25, 0.3) is 0 Å². The van der Waals surface area contributed by atoms with E-state index in [0.29, 0.717) is 12.5 Å². The number of nitrogens with one attached hydrogen (secondary N) is 2. The Morgan fingerprint density at radius 2 is 1.68 bits per heavy atom. The van der Waals surface area contributed by atoms with Crippen LogP contribution in [0.1, 0.15) is 55.7 Å². The summed E-state index contributed by atoms with van der Waals surface area (Å²) in [6, 6.07) is 8.41. The highest BCUT2D eigenvalue weighted by atomic mass is 16.4. The molecule has 6 heteroatoms. The monoisotopic (exact) mass is 345 g/mol. The largest absolute Gasteiger partial charge is 0.481 e. The zero-order valence-electron chi connectivity index (χ0n) is 14.6. The summed E-state index contributed by atoms with van der Waals surface area (Å²) in [5, 5.41) is 15.8. The smallest absolute Gasteiger partial charge is 0.306 e. The van der Waals surface area contributed by atoms with E-state index in [2.05, 4.69) is 41.8 Å². The van der Waals surface area contributed by atoms with E-state index in [9.17, 15) is 9.59 Å². The fourth-order valence-corrected chi connectivity index (χ4v) is 4.06. The molecule has 0 radical (unpaired) electrons. The van der Waals surface area contributed by atoms with Gasteiger partial charge in [-0.15, -0.1) is 0 Å². The van der Waals surface area contributed by atoms with E-state index in [1.54, 1.807) is 0 Å². The van der Waals surface area contributed by atoms with Gasteiger partial charge < -0.3 is 16.2 Å². The van der Waals surface area contributed by atoms with E-state index in [-0.39, 0.29) is 30.0 Å². The van der Waals surface area contributed by atoms with E-state index in [1.165, 1.54) is 5.56 Å². The van der Waals surface area contributed by atoms with Crippen molar-refractivity contribution in [2.75, 3.05) is 6.54 Å². The van der Waals surface area contributed by atoms with Crippen LogP contribution in [0.2, 0.25) is 0 Å². The molecule has 25 heavy (non-hydrogen) atoms. The SMILES string of the molecule is CC1NCC(C(N)=O)NC1c1ccc(C2CCC(C(=O)O)CC2)cc1. The van der Waals surface area contributed by atoms with Crippen molar-refractivity contribution < 1.29 is 14.7 Å². The van der Waals surface area contributed by atoms with Crippen LogP contribution in [0.5, 0.6) is 0 Å². The van der Waals surface area contributed by atoms with Gasteiger partial charge in [-0.05, 0) is 49.7 Å². The van der Waals surface area contributed by atoms with Crippen LogP contribution in [0.4, 0.5) is 0 Å². The third-order valence-electron chi connectivity index (χ3n) is 5.71. The molecule has 6 nitrogen and oxygen atoms in total. The molecule has 1 amide bonds. The Hall–Kier alpha value is -1.92. The summed E-state index contributed by atoms with van der Waals surface area (Å²) in [7, 11) is 0. The number of rotatable bonds is 4. The Kier molecular flexibility index (Phi) is 5.39. The van der Waals surface area contributed by atoms with Crippen LogP contribution in [0.3, 0.4) is 0 Å². The predicted molar refractivity (Wildman–Crippen MR) is 95.1 cm³/mol. The van der Waals surface area contributed by atoms with E-state index < -0.39 is 5.97 Å². The van der Waals surface area contributed by atoms with Crippen LogP contribution in [-0.4, -0.2) is 35.6 Å². The molecule has 1 aliphatic heterocycles. The summed E-state index contributed by atoms with van der Waals surface area (Å²) in [5.74, 6) is -0.739. The number of amides is 1. The summed E-state index contributed by atoms with van der Waals surface area (Å²) < 4.78 is 0. The number of hydrogen-bond donors (Lipinski definition) is 4. The molecule has 136 valence electrons. The molecule has 5 N–H and O–H groups in total. The zero-order valence-corrected chi connectivity index (χ0v) is 14.6. The molecule has 1 aromatic carbocycles. The van der Waals surface area contributed by atoms with Gasteiger partial charge in [0, 0.05) is 18.6 Å². The Morgan fingerprint density at radius 1 is 1.08 bits per heavy atom. The lowest BCUT2D eigenvalue weighted by molar-refractivity contribution is -0.142. The highest BCUT2D eigenvalue weighted by Crippen LogP contribution is 2.36. The summed E-state index contributed by atoms with van der Waals surface area (Å²) in [4.78, 5) is 22.5. The van der Waals surface area contributed by atoms with Gasteiger partial charge in [0.05, 0.1) is 12.0 Å². The van der Waals surface area contributed by atoms with Crippen LogP contribution in [0, 0.1) is 5.92 Å². The molecule has 1 saturated carbocycles. The molecule has 3 unspecified atom stereocenters. The average Bonchev–Trinajstić information content (AvgIpc) is 2.62. The molecule has 1 heterocycles. The number of benzene rings is 1. The summed E-state index contributed by atoms with van der Waals surface area (Å²) in [6.07, 6.45) is 3.37. The number of carboxylic acids is 1. The predicted octanol–water partition coefficient (Wildman–Crippen LogP) is 1.52. The second kappa shape index (κ2) is 7.54. The molecule has 1 aliphatic carbocycles.